The highest BCUT2D eigenvalue weighted by Crippen LogP contribution is 2.22. The van der Waals surface area contributed by atoms with Gasteiger partial charge in [0.15, 0.2) is 5.78 Å². The van der Waals surface area contributed by atoms with Gasteiger partial charge in [0.2, 0.25) is 0 Å². The van der Waals surface area contributed by atoms with Crippen LogP contribution in [0.5, 0.6) is 5.75 Å². The first-order valence-electron chi connectivity index (χ1n) is 6.82. The zero-order valence-corrected chi connectivity index (χ0v) is 12.7. The summed E-state index contributed by atoms with van der Waals surface area (Å²) < 4.78 is 8.80. The molecule has 0 saturated heterocycles. The Labute approximate surface area is 126 Å². The normalized spacial score (nSPS) is 14.2. The Morgan fingerprint density at radius 3 is 2.70 bits per heavy atom. The van der Waals surface area contributed by atoms with E-state index in [1.807, 2.05) is 30.5 Å². The van der Waals surface area contributed by atoms with Crippen molar-refractivity contribution in [1.29, 1.82) is 0 Å². The van der Waals surface area contributed by atoms with E-state index in [4.69, 9.17) is 4.74 Å². The zero-order chi connectivity index (χ0) is 13.9. The maximum Gasteiger partial charge on any atom is 0.164 e. The molecule has 0 bridgehead atoms. The Balaban J connectivity index is 1.59. The lowest BCUT2D eigenvalue weighted by atomic mass is 9.95. The van der Waals surface area contributed by atoms with Crippen LogP contribution in [0.15, 0.2) is 41.1 Å². The third-order valence-corrected chi connectivity index (χ3v) is 4.07. The van der Waals surface area contributed by atoms with Gasteiger partial charge in [-0.3, -0.25) is 4.79 Å². The molecule has 0 fully saturated rings. The summed E-state index contributed by atoms with van der Waals surface area (Å²) in [7, 11) is 0. The van der Waals surface area contributed by atoms with Crippen LogP contribution in [0.25, 0.3) is 0 Å². The SMILES string of the molecule is O=C1CCCc2cn(CCOc3ccc(Br)cc3)cc21. The highest BCUT2D eigenvalue weighted by molar-refractivity contribution is 9.10. The van der Waals surface area contributed by atoms with Gasteiger partial charge in [-0.25, -0.2) is 0 Å². The molecular formula is C16H16BrNO2. The average Bonchev–Trinajstić information content (AvgIpc) is 2.85. The van der Waals surface area contributed by atoms with Crippen molar-refractivity contribution in [3.63, 3.8) is 0 Å². The van der Waals surface area contributed by atoms with E-state index >= 15 is 0 Å². The summed E-state index contributed by atoms with van der Waals surface area (Å²) in [4.78, 5) is 11.8. The van der Waals surface area contributed by atoms with Crippen LogP contribution in [0.3, 0.4) is 0 Å². The van der Waals surface area contributed by atoms with E-state index in [0.29, 0.717) is 13.0 Å². The Bertz CT molecular complexity index is 616. The standard InChI is InChI=1S/C16H16BrNO2/c17-13-4-6-14(7-5-13)20-9-8-18-10-12-2-1-3-16(19)15(12)11-18/h4-7,10-11H,1-3,8-9H2. The molecule has 0 saturated carbocycles. The largest absolute Gasteiger partial charge is 0.492 e. The van der Waals surface area contributed by atoms with Gasteiger partial charge >= 0.3 is 0 Å². The molecule has 3 nitrogen and oxygen atoms in total. The average molecular weight is 334 g/mol. The molecule has 1 aromatic carbocycles. The molecule has 1 aliphatic carbocycles. The van der Waals surface area contributed by atoms with Gasteiger partial charge in [0.25, 0.3) is 0 Å². The van der Waals surface area contributed by atoms with Gasteiger partial charge in [0, 0.05) is 28.9 Å². The highest BCUT2D eigenvalue weighted by Gasteiger charge is 2.18. The quantitative estimate of drug-likeness (QED) is 0.850. The van der Waals surface area contributed by atoms with Crippen molar-refractivity contribution in [1.82, 2.24) is 4.57 Å². The van der Waals surface area contributed by atoms with E-state index in [2.05, 4.69) is 26.7 Å². The summed E-state index contributed by atoms with van der Waals surface area (Å²) in [5.74, 6) is 1.14. The van der Waals surface area contributed by atoms with E-state index in [9.17, 15) is 4.79 Å². The molecule has 0 amide bonds. The molecule has 0 radical (unpaired) electrons. The minimum Gasteiger partial charge on any atom is -0.492 e. The van der Waals surface area contributed by atoms with Crippen LogP contribution in [-0.2, 0) is 13.0 Å². The van der Waals surface area contributed by atoms with Crippen molar-refractivity contribution in [2.75, 3.05) is 6.61 Å². The van der Waals surface area contributed by atoms with E-state index in [1.165, 1.54) is 5.56 Å². The van der Waals surface area contributed by atoms with Crippen LogP contribution in [0.1, 0.15) is 28.8 Å². The molecule has 0 atom stereocenters. The van der Waals surface area contributed by atoms with Gasteiger partial charge in [0.05, 0.1) is 6.54 Å². The van der Waals surface area contributed by atoms with Crippen LogP contribution >= 0.6 is 15.9 Å². The van der Waals surface area contributed by atoms with Gasteiger partial charge in [-0.2, -0.15) is 0 Å². The molecule has 20 heavy (non-hydrogen) atoms. The summed E-state index contributed by atoms with van der Waals surface area (Å²) in [6, 6.07) is 7.80. The number of Topliss-reactive ketones (excluding diaryl/α,β-unsaturated/α-hetero) is 1. The van der Waals surface area contributed by atoms with E-state index in [1.54, 1.807) is 0 Å². The Kier molecular flexibility index (Phi) is 3.92. The summed E-state index contributed by atoms with van der Waals surface area (Å²) in [6.45, 7) is 1.36. The first-order valence-corrected chi connectivity index (χ1v) is 7.62. The Hall–Kier alpha value is -1.55. The molecule has 0 spiro atoms. The molecular weight excluding hydrogens is 318 g/mol. The second-order valence-corrected chi connectivity index (χ2v) is 5.93. The van der Waals surface area contributed by atoms with Crippen LogP contribution in [0.4, 0.5) is 0 Å². The summed E-state index contributed by atoms with van der Waals surface area (Å²) in [6.07, 6.45) is 6.72. The molecule has 104 valence electrons. The zero-order valence-electron chi connectivity index (χ0n) is 11.1. The van der Waals surface area contributed by atoms with Crippen molar-refractivity contribution in [3.05, 3.63) is 52.3 Å². The molecule has 0 aliphatic heterocycles. The number of hydrogen-bond acceptors (Lipinski definition) is 2. The molecule has 4 heteroatoms. The van der Waals surface area contributed by atoms with Crippen LogP contribution in [0, 0.1) is 0 Å². The number of rotatable bonds is 4. The number of ketones is 1. The van der Waals surface area contributed by atoms with Crippen molar-refractivity contribution >= 4 is 21.7 Å². The monoisotopic (exact) mass is 333 g/mol. The highest BCUT2D eigenvalue weighted by atomic mass is 79.9. The van der Waals surface area contributed by atoms with Gasteiger partial charge in [0.1, 0.15) is 12.4 Å². The molecule has 0 N–H and O–H groups in total. The first-order chi connectivity index (χ1) is 9.72. The molecule has 1 aromatic heterocycles. The number of fused-ring (bicyclic) bond motifs is 1. The van der Waals surface area contributed by atoms with Crippen molar-refractivity contribution in [2.45, 2.75) is 25.8 Å². The molecule has 1 heterocycles. The fourth-order valence-corrected chi connectivity index (χ4v) is 2.77. The number of carbonyl (C=O) groups is 1. The first kappa shape index (κ1) is 13.4. The van der Waals surface area contributed by atoms with E-state index in [0.717, 1.165) is 35.2 Å². The third kappa shape index (κ3) is 2.96. The number of carbonyl (C=O) groups excluding carboxylic acids is 1. The second kappa shape index (κ2) is 5.83. The van der Waals surface area contributed by atoms with Crippen LogP contribution < -0.4 is 4.74 Å². The lowest BCUT2D eigenvalue weighted by Crippen LogP contribution is -2.07. The molecule has 0 unspecified atom stereocenters. The number of halogens is 1. The fourth-order valence-electron chi connectivity index (χ4n) is 2.51. The van der Waals surface area contributed by atoms with Crippen molar-refractivity contribution in [2.24, 2.45) is 0 Å². The summed E-state index contributed by atoms with van der Waals surface area (Å²) in [5, 5.41) is 0. The lowest BCUT2D eigenvalue weighted by molar-refractivity contribution is 0.0973. The van der Waals surface area contributed by atoms with Gasteiger partial charge in [-0.05, 0) is 42.7 Å². The number of nitrogens with zero attached hydrogens (tertiary/aromatic N) is 1. The summed E-state index contributed by atoms with van der Waals surface area (Å²) >= 11 is 3.40. The van der Waals surface area contributed by atoms with Crippen LogP contribution in [-0.4, -0.2) is 17.0 Å². The predicted molar refractivity (Wildman–Crippen MR) is 81.3 cm³/mol. The lowest BCUT2D eigenvalue weighted by Gasteiger charge is -2.07. The minimum absolute atomic E-state index is 0.277. The fraction of sp³-hybridized carbons (Fsp3) is 0.312. The van der Waals surface area contributed by atoms with Gasteiger partial charge in [-0.15, -0.1) is 0 Å². The minimum atomic E-state index is 0.277. The van der Waals surface area contributed by atoms with Crippen LogP contribution in [0.2, 0.25) is 0 Å². The Morgan fingerprint density at radius 1 is 1.15 bits per heavy atom. The molecule has 3 rings (SSSR count). The smallest absolute Gasteiger partial charge is 0.164 e. The topological polar surface area (TPSA) is 31.2 Å². The maximum atomic E-state index is 11.8. The van der Waals surface area contributed by atoms with Crippen molar-refractivity contribution < 1.29 is 9.53 Å². The Morgan fingerprint density at radius 2 is 1.95 bits per heavy atom. The molecule has 2 aromatic rings. The second-order valence-electron chi connectivity index (χ2n) is 5.01. The number of aryl methyl sites for hydroxylation is 1. The van der Waals surface area contributed by atoms with E-state index < -0.39 is 0 Å². The third-order valence-electron chi connectivity index (χ3n) is 3.54. The predicted octanol–water partition coefficient (Wildman–Crippen LogP) is 3.85. The number of benzene rings is 1. The van der Waals surface area contributed by atoms with Gasteiger partial charge < -0.3 is 9.30 Å². The number of hydrogen-bond donors (Lipinski definition) is 0. The number of aromatic nitrogens is 1. The summed E-state index contributed by atoms with van der Waals surface area (Å²) in [5.41, 5.74) is 2.09. The molecule has 1 aliphatic rings. The number of ether oxygens (including phenoxy) is 1. The van der Waals surface area contributed by atoms with E-state index in [-0.39, 0.29) is 5.78 Å². The maximum absolute atomic E-state index is 11.8. The van der Waals surface area contributed by atoms with Gasteiger partial charge in [-0.1, -0.05) is 15.9 Å². The van der Waals surface area contributed by atoms with Crippen molar-refractivity contribution in [3.8, 4) is 5.75 Å².